The van der Waals surface area contributed by atoms with E-state index in [1.807, 2.05) is 12.1 Å². The van der Waals surface area contributed by atoms with Gasteiger partial charge in [-0.3, -0.25) is 0 Å². The Bertz CT molecular complexity index is 1070. The topological polar surface area (TPSA) is 107 Å². The van der Waals surface area contributed by atoms with Crippen molar-refractivity contribution in [2.45, 2.75) is 38.1 Å². The van der Waals surface area contributed by atoms with Crippen LogP contribution in [0.15, 0.2) is 24.8 Å². The van der Waals surface area contributed by atoms with Gasteiger partial charge < -0.3 is 25.0 Å². The molecule has 10 nitrogen and oxygen atoms in total. The van der Waals surface area contributed by atoms with Crippen LogP contribution in [0.1, 0.15) is 32.1 Å². The second kappa shape index (κ2) is 9.88. The van der Waals surface area contributed by atoms with Crippen molar-refractivity contribution in [3.8, 4) is 17.4 Å². The molecule has 10 heteroatoms. The summed E-state index contributed by atoms with van der Waals surface area (Å²) in [6.45, 7) is 5.74. The van der Waals surface area contributed by atoms with E-state index in [0.29, 0.717) is 24.1 Å². The molecule has 2 fully saturated rings. The molecule has 2 aliphatic heterocycles. The Morgan fingerprint density at radius 2 is 1.97 bits per heavy atom. The number of nitrogens with two attached hydrogens (primary N) is 1. The van der Waals surface area contributed by atoms with Crippen molar-refractivity contribution < 1.29 is 9.47 Å². The summed E-state index contributed by atoms with van der Waals surface area (Å²) in [4.78, 5) is 18.4. The van der Waals surface area contributed by atoms with Crippen molar-refractivity contribution in [3.05, 3.63) is 24.8 Å². The van der Waals surface area contributed by atoms with Gasteiger partial charge in [-0.1, -0.05) is 0 Å². The van der Waals surface area contributed by atoms with E-state index in [-0.39, 0.29) is 6.04 Å². The van der Waals surface area contributed by atoms with Crippen LogP contribution in [0, 0.1) is 0 Å². The highest BCUT2D eigenvalue weighted by atomic mass is 16.5. The first-order chi connectivity index (χ1) is 16.2. The molecule has 0 radical (unpaired) electrons. The number of nitrogens with zero attached hydrogens (tertiary/aromatic N) is 7. The number of aromatic nitrogens is 5. The molecule has 2 aliphatic rings. The zero-order chi connectivity index (χ0) is 22.6. The molecular formula is C23H32N8O2. The normalized spacial score (nSPS) is 19.3. The van der Waals surface area contributed by atoms with Gasteiger partial charge in [0, 0.05) is 37.1 Å². The number of hydrogen-bond acceptors (Lipinski definition) is 9. The number of fused-ring (bicyclic) bond motifs is 1. The van der Waals surface area contributed by atoms with Gasteiger partial charge in [-0.25, -0.2) is 9.97 Å². The summed E-state index contributed by atoms with van der Waals surface area (Å²) in [5, 5.41) is 5.14. The van der Waals surface area contributed by atoms with Crippen LogP contribution in [0.25, 0.3) is 16.9 Å². The summed E-state index contributed by atoms with van der Waals surface area (Å²) in [5.41, 5.74) is 7.05. The van der Waals surface area contributed by atoms with Gasteiger partial charge in [-0.15, -0.1) is 0 Å². The van der Waals surface area contributed by atoms with Gasteiger partial charge in [0.15, 0.2) is 11.5 Å². The lowest BCUT2D eigenvalue weighted by Crippen LogP contribution is -2.43. The third-order valence-corrected chi connectivity index (χ3v) is 6.41. The van der Waals surface area contributed by atoms with Gasteiger partial charge in [-0.2, -0.15) is 14.8 Å². The molecule has 4 heterocycles. The van der Waals surface area contributed by atoms with Crippen LogP contribution >= 0.6 is 0 Å². The maximum absolute atomic E-state index is 6.27. The fourth-order valence-corrected chi connectivity index (χ4v) is 4.71. The molecule has 0 amide bonds. The zero-order valence-corrected chi connectivity index (χ0v) is 19.2. The van der Waals surface area contributed by atoms with E-state index in [0.717, 1.165) is 55.6 Å². The number of anilines is 1. The fourth-order valence-electron chi connectivity index (χ4n) is 4.71. The lowest BCUT2D eigenvalue weighted by atomic mass is 10.1. The first-order valence-electron chi connectivity index (χ1n) is 11.8. The maximum atomic E-state index is 6.27. The molecule has 176 valence electrons. The largest absolute Gasteiger partial charge is 0.493 e. The molecule has 0 bridgehead atoms. The van der Waals surface area contributed by atoms with Crippen LogP contribution in [0.4, 0.5) is 5.82 Å². The van der Waals surface area contributed by atoms with Crippen LogP contribution < -0.4 is 20.1 Å². The van der Waals surface area contributed by atoms with E-state index < -0.39 is 0 Å². The molecule has 2 aromatic heterocycles. The Balaban J connectivity index is 1.46. The number of benzene rings is 1. The Labute approximate surface area is 193 Å². The van der Waals surface area contributed by atoms with E-state index in [2.05, 4.69) is 19.9 Å². The number of rotatable bonds is 8. The summed E-state index contributed by atoms with van der Waals surface area (Å²) >= 11 is 0. The molecule has 5 rings (SSSR count). The SMILES string of the molecule is COc1cc2c(N3CCCC(N)C3)nc(-n3cncn3)nc2cc1OCCCN1CCCC1. The Hall–Kier alpha value is -2.98. The number of methoxy groups -OCH3 is 1. The predicted molar refractivity (Wildman–Crippen MR) is 126 cm³/mol. The molecule has 3 aromatic rings. The molecule has 33 heavy (non-hydrogen) atoms. The van der Waals surface area contributed by atoms with Gasteiger partial charge in [0.05, 0.1) is 19.2 Å². The summed E-state index contributed by atoms with van der Waals surface area (Å²) in [7, 11) is 1.67. The van der Waals surface area contributed by atoms with Crippen molar-refractivity contribution in [1.29, 1.82) is 0 Å². The first-order valence-corrected chi connectivity index (χ1v) is 11.8. The highest BCUT2D eigenvalue weighted by Gasteiger charge is 2.23. The van der Waals surface area contributed by atoms with Gasteiger partial charge in [0.2, 0.25) is 0 Å². The van der Waals surface area contributed by atoms with E-state index in [1.54, 1.807) is 18.1 Å². The van der Waals surface area contributed by atoms with Crippen LogP contribution in [0.3, 0.4) is 0 Å². The van der Waals surface area contributed by atoms with Gasteiger partial charge in [-0.05, 0) is 51.3 Å². The van der Waals surface area contributed by atoms with E-state index in [9.17, 15) is 0 Å². The zero-order valence-electron chi connectivity index (χ0n) is 19.2. The second-order valence-corrected chi connectivity index (χ2v) is 8.81. The highest BCUT2D eigenvalue weighted by molar-refractivity contribution is 5.92. The number of hydrogen-bond donors (Lipinski definition) is 1. The average molecular weight is 453 g/mol. The number of likely N-dealkylation sites (tertiary alicyclic amines) is 1. The molecule has 0 saturated carbocycles. The number of ether oxygens (including phenoxy) is 2. The third kappa shape index (κ3) is 4.86. The Morgan fingerprint density at radius 1 is 1.09 bits per heavy atom. The summed E-state index contributed by atoms with van der Waals surface area (Å²) in [6, 6.07) is 4.05. The van der Waals surface area contributed by atoms with Gasteiger partial charge in [0.1, 0.15) is 18.5 Å². The molecule has 1 aromatic carbocycles. The summed E-state index contributed by atoms with van der Waals surface area (Å²) < 4.78 is 13.4. The van der Waals surface area contributed by atoms with Crippen LogP contribution in [0.5, 0.6) is 11.5 Å². The smallest absolute Gasteiger partial charge is 0.254 e. The summed E-state index contributed by atoms with van der Waals surface area (Å²) in [5.74, 6) is 2.68. The summed E-state index contributed by atoms with van der Waals surface area (Å²) in [6.07, 6.45) is 8.72. The van der Waals surface area contributed by atoms with E-state index in [4.69, 9.17) is 25.2 Å². The minimum Gasteiger partial charge on any atom is -0.493 e. The Morgan fingerprint density at radius 3 is 2.73 bits per heavy atom. The molecule has 1 unspecified atom stereocenters. The molecule has 2 saturated heterocycles. The minimum absolute atomic E-state index is 0.124. The van der Waals surface area contributed by atoms with E-state index in [1.165, 1.54) is 32.3 Å². The van der Waals surface area contributed by atoms with Crippen LogP contribution in [0.2, 0.25) is 0 Å². The minimum atomic E-state index is 0.124. The number of piperidine rings is 1. The molecule has 0 spiro atoms. The monoisotopic (exact) mass is 452 g/mol. The standard InChI is InChI=1S/C23H32N8O2/c1-32-20-12-18-19(13-21(20)33-11-5-9-29-7-2-3-8-29)27-23(31-16-25-15-26-31)28-22(18)30-10-4-6-17(24)14-30/h12-13,15-17H,2-11,14,24H2,1H3. The average Bonchev–Trinajstić information content (AvgIpc) is 3.55. The van der Waals surface area contributed by atoms with Crippen molar-refractivity contribution in [2.75, 3.05) is 51.3 Å². The lowest BCUT2D eigenvalue weighted by molar-refractivity contribution is 0.254. The second-order valence-electron chi connectivity index (χ2n) is 8.81. The quantitative estimate of drug-likeness (QED) is 0.514. The highest BCUT2D eigenvalue weighted by Crippen LogP contribution is 2.36. The van der Waals surface area contributed by atoms with Gasteiger partial charge in [0.25, 0.3) is 5.95 Å². The van der Waals surface area contributed by atoms with Crippen molar-refractivity contribution in [1.82, 2.24) is 29.6 Å². The van der Waals surface area contributed by atoms with Crippen LogP contribution in [-0.4, -0.2) is 82.1 Å². The first kappa shape index (κ1) is 21.8. The fraction of sp³-hybridized carbons (Fsp3) is 0.565. The van der Waals surface area contributed by atoms with E-state index >= 15 is 0 Å². The Kier molecular flexibility index (Phi) is 6.54. The van der Waals surface area contributed by atoms with Crippen LogP contribution in [-0.2, 0) is 0 Å². The van der Waals surface area contributed by atoms with Crippen molar-refractivity contribution in [2.24, 2.45) is 5.73 Å². The van der Waals surface area contributed by atoms with Crippen molar-refractivity contribution >= 4 is 16.7 Å². The molecule has 1 atom stereocenters. The van der Waals surface area contributed by atoms with Crippen molar-refractivity contribution in [3.63, 3.8) is 0 Å². The molecular weight excluding hydrogens is 420 g/mol. The lowest BCUT2D eigenvalue weighted by Gasteiger charge is -2.32. The van der Waals surface area contributed by atoms with Gasteiger partial charge >= 0.3 is 0 Å². The molecule has 0 aliphatic carbocycles. The third-order valence-electron chi connectivity index (χ3n) is 6.41. The maximum Gasteiger partial charge on any atom is 0.254 e. The molecule has 2 N–H and O–H groups in total. The predicted octanol–water partition coefficient (Wildman–Crippen LogP) is 2.01.